The third-order valence-electron chi connectivity index (χ3n) is 4.24. The quantitative estimate of drug-likeness (QED) is 0.877. The van der Waals surface area contributed by atoms with Crippen molar-refractivity contribution in [3.63, 3.8) is 0 Å². The van der Waals surface area contributed by atoms with Crippen molar-refractivity contribution in [3.05, 3.63) is 58.7 Å². The number of hydrogen-bond donors (Lipinski definition) is 2. The maximum Gasteiger partial charge on any atom is 0.336 e. The predicted molar refractivity (Wildman–Crippen MR) is 87.2 cm³/mol. The van der Waals surface area contributed by atoms with Crippen molar-refractivity contribution in [1.29, 1.82) is 0 Å². The molecule has 0 amide bonds. The molecule has 1 heterocycles. The van der Waals surface area contributed by atoms with E-state index in [9.17, 15) is 15.0 Å². The Kier molecular flexibility index (Phi) is 4.42. The molecule has 1 aliphatic heterocycles. The summed E-state index contributed by atoms with van der Waals surface area (Å²) in [5.74, 6) is 0.228. The number of carboxylic acids is 1. The Morgan fingerprint density at radius 3 is 2.62 bits per heavy atom. The number of aliphatic hydroxyl groups is 1. The standard InChI is InChI=1S/C18H19NO5/c1-23-14-7-6-11(8-15(14)24-2)9-19-10-12-4-3-5-13(18(21)22)16(12)17(19)20/h3-8,17,20H,9-10H2,1-2H3,(H,21,22). The van der Waals surface area contributed by atoms with Crippen molar-refractivity contribution < 1.29 is 24.5 Å². The molecular weight excluding hydrogens is 310 g/mol. The lowest BCUT2D eigenvalue weighted by Crippen LogP contribution is -2.22. The van der Waals surface area contributed by atoms with Gasteiger partial charge in [-0.1, -0.05) is 18.2 Å². The van der Waals surface area contributed by atoms with Crippen LogP contribution in [0, 0.1) is 0 Å². The van der Waals surface area contributed by atoms with Crippen LogP contribution in [-0.2, 0) is 13.1 Å². The lowest BCUT2D eigenvalue weighted by molar-refractivity contribution is 0.00672. The van der Waals surface area contributed by atoms with Crippen LogP contribution < -0.4 is 9.47 Å². The van der Waals surface area contributed by atoms with Gasteiger partial charge in [-0.25, -0.2) is 4.79 Å². The van der Waals surface area contributed by atoms with Crippen LogP contribution in [0.4, 0.5) is 0 Å². The smallest absolute Gasteiger partial charge is 0.336 e. The number of aliphatic hydroxyl groups excluding tert-OH is 1. The molecule has 0 bridgehead atoms. The van der Waals surface area contributed by atoms with E-state index in [-0.39, 0.29) is 5.56 Å². The van der Waals surface area contributed by atoms with E-state index < -0.39 is 12.2 Å². The van der Waals surface area contributed by atoms with Crippen LogP contribution in [-0.4, -0.2) is 35.3 Å². The highest BCUT2D eigenvalue weighted by atomic mass is 16.5. The van der Waals surface area contributed by atoms with Crippen molar-refractivity contribution in [2.75, 3.05) is 14.2 Å². The van der Waals surface area contributed by atoms with Gasteiger partial charge in [0, 0.05) is 18.7 Å². The Labute approximate surface area is 139 Å². The summed E-state index contributed by atoms with van der Waals surface area (Å²) in [7, 11) is 3.15. The van der Waals surface area contributed by atoms with Gasteiger partial charge in [-0.05, 0) is 29.3 Å². The zero-order valence-corrected chi connectivity index (χ0v) is 13.5. The number of methoxy groups -OCH3 is 2. The monoisotopic (exact) mass is 329 g/mol. The van der Waals surface area contributed by atoms with Gasteiger partial charge in [-0.2, -0.15) is 0 Å². The molecule has 1 unspecified atom stereocenters. The summed E-state index contributed by atoms with van der Waals surface area (Å²) >= 11 is 0. The molecule has 0 aromatic heterocycles. The summed E-state index contributed by atoms with van der Waals surface area (Å²) in [6.45, 7) is 0.960. The molecule has 3 rings (SSSR count). The van der Waals surface area contributed by atoms with Crippen molar-refractivity contribution in [3.8, 4) is 11.5 Å². The van der Waals surface area contributed by atoms with E-state index in [4.69, 9.17) is 9.47 Å². The maximum absolute atomic E-state index is 11.4. The summed E-state index contributed by atoms with van der Waals surface area (Å²) < 4.78 is 10.5. The van der Waals surface area contributed by atoms with E-state index in [2.05, 4.69) is 0 Å². The van der Waals surface area contributed by atoms with Crippen LogP contribution in [0.15, 0.2) is 36.4 Å². The lowest BCUT2D eigenvalue weighted by atomic mass is 10.0. The topological polar surface area (TPSA) is 79.2 Å². The molecule has 1 aliphatic rings. The van der Waals surface area contributed by atoms with Crippen LogP contribution in [0.2, 0.25) is 0 Å². The number of ether oxygens (including phenoxy) is 2. The minimum absolute atomic E-state index is 0.148. The molecule has 1 atom stereocenters. The number of aromatic carboxylic acids is 1. The number of nitrogens with zero attached hydrogens (tertiary/aromatic N) is 1. The van der Waals surface area contributed by atoms with Crippen LogP contribution in [0.25, 0.3) is 0 Å². The molecule has 2 aromatic carbocycles. The molecule has 126 valence electrons. The Hall–Kier alpha value is -2.57. The first-order valence-electron chi connectivity index (χ1n) is 7.53. The number of fused-ring (bicyclic) bond motifs is 1. The molecule has 6 nitrogen and oxygen atoms in total. The normalized spacial score (nSPS) is 16.7. The highest BCUT2D eigenvalue weighted by Gasteiger charge is 2.32. The van der Waals surface area contributed by atoms with E-state index >= 15 is 0 Å². The molecule has 6 heteroatoms. The van der Waals surface area contributed by atoms with E-state index in [0.29, 0.717) is 30.2 Å². The van der Waals surface area contributed by atoms with Crippen LogP contribution in [0.5, 0.6) is 11.5 Å². The number of carbonyl (C=O) groups is 1. The van der Waals surface area contributed by atoms with Gasteiger partial charge in [0.05, 0.1) is 19.8 Å². The van der Waals surface area contributed by atoms with Crippen LogP contribution >= 0.6 is 0 Å². The second-order valence-corrected chi connectivity index (χ2v) is 5.65. The third-order valence-corrected chi connectivity index (χ3v) is 4.24. The van der Waals surface area contributed by atoms with Crippen molar-refractivity contribution >= 4 is 5.97 Å². The van der Waals surface area contributed by atoms with Gasteiger partial charge in [0.2, 0.25) is 0 Å². The summed E-state index contributed by atoms with van der Waals surface area (Å²) in [5.41, 5.74) is 2.40. The maximum atomic E-state index is 11.4. The van der Waals surface area contributed by atoms with E-state index in [0.717, 1.165) is 11.1 Å². The molecule has 0 spiro atoms. The Morgan fingerprint density at radius 1 is 1.21 bits per heavy atom. The number of hydrogen-bond acceptors (Lipinski definition) is 5. The molecule has 2 aromatic rings. The number of rotatable bonds is 5. The first-order valence-corrected chi connectivity index (χ1v) is 7.53. The summed E-state index contributed by atoms with van der Waals surface area (Å²) in [6, 6.07) is 10.6. The predicted octanol–water partition coefficient (Wildman–Crippen LogP) is 2.41. The van der Waals surface area contributed by atoms with Gasteiger partial charge in [-0.3, -0.25) is 4.90 Å². The molecule has 0 fully saturated rings. The van der Waals surface area contributed by atoms with Crippen molar-refractivity contribution in [2.24, 2.45) is 0 Å². The minimum Gasteiger partial charge on any atom is -0.493 e. The van der Waals surface area contributed by atoms with E-state index in [1.165, 1.54) is 6.07 Å². The first-order chi connectivity index (χ1) is 11.5. The Balaban J connectivity index is 1.86. The summed E-state index contributed by atoms with van der Waals surface area (Å²) in [4.78, 5) is 13.2. The van der Waals surface area contributed by atoms with Gasteiger partial charge in [0.1, 0.15) is 6.23 Å². The van der Waals surface area contributed by atoms with Crippen LogP contribution in [0.1, 0.15) is 33.3 Å². The lowest BCUT2D eigenvalue weighted by Gasteiger charge is -2.21. The molecule has 0 aliphatic carbocycles. The van der Waals surface area contributed by atoms with Crippen LogP contribution in [0.3, 0.4) is 0 Å². The van der Waals surface area contributed by atoms with Gasteiger partial charge < -0.3 is 19.7 Å². The molecule has 24 heavy (non-hydrogen) atoms. The largest absolute Gasteiger partial charge is 0.493 e. The average molecular weight is 329 g/mol. The van der Waals surface area contributed by atoms with E-state index in [1.807, 2.05) is 29.2 Å². The van der Waals surface area contributed by atoms with E-state index in [1.54, 1.807) is 20.3 Å². The van der Waals surface area contributed by atoms with Crippen molar-refractivity contribution in [1.82, 2.24) is 4.90 Å². The average Bonchev–Trinajstić information content (AvgIpc) is 2.90. The zero-order chi connectivity index (χ0) is 17.3. The fourth-order valence-electron chi connectivity index (χ4n) is 3.09. The highest BCUT2D eigenvalue weighted by molar-refractivity contribution is 5.90. The minimum atomic E-state index is -1.03. The zero-order valence-electron chi connectivity index (χ0n) is 13.5. The second kappa shape index (κ2) is 6.51. The first kappa shape index (κ1) is 16.3. The summed E-state index contributed by atoms with van der Waals surface area (Å²) in [5, 5.41) is 19.9. The van der Waals surface area contributed by atoms with Gasteiger partial charge in [-0.15, -0.1) is 0 Å². The Morgan fingerprint density at radius 2 is 1.96 bits per heavy atom. The van der Waals surface area contributed by atoms with Crippen molar-refractivity contribution in [2.45, 2.75) is 19.3 Å². The molecule has 0 saturated carbocycles. The highest BCUT2D eigenvalue weighted by Crippen LogP contribution is 2.36. The second-order valence-electron chi connectivity index (χ2n) is 5.65. The van der Waals surface area contributed by atoms with Gasteiger partial charge >= 0.3 is 5.97 Å². The van der Waals surface area contributed by atoms with Gasteiger partial charge in [0.15, 0.2) is 11.5 Å². The van der Waals surface area contributed by atoms with Gasteiger partial charge in [0.25, 0.3) is 0 Å². The molecule has 2 N–H and O–H groups in total. The summed E-state index contributed by atoms with van der Waals surface area (Å²) in [6.07, 6.45) is -0.944. The molecule has 0 saturated heterocycles. The Bertz CT molecular complexity index is 774. The SMILES string of the molecule is COc1ccc(CN2Cc3cccc(C(=O)O)c3C2O)cc1OC. The molecular formula is C18H19NO5. The molecule has 0 radical (unpaired) electrons. The third kappa shape index (κ3) is 2.81. The fourth-order valence-corrected chi connectivity index (χ4v) is 3.09. The fraction of sp³-hybridized carbons (Fsp3) is 0.278. The number of carboxylic acid groups (broad SMARTS) is 1. The number of benzene rings is 2.